The molecule has 4 rings (SSSR count). The summed E-state index contributed by atoms with van der Waals surface area (Å²) in [6, 6.07) is 4.93. The van der Waals surface area contributed by atoms with Gasteiger partial charge in [0.05, 0.1) is 44.9 Å². The molecule has 0 bridgehead atoms. The zero-order chi connectivity index (χ0) is 43.3. The van der Waals surface area contributed by atoms with Crippen LogP contribution in [0.5, 0.6) is 0 Å². The Morgan fingerprint density at radius 2 is 1.58 bits per heavy atom. The molecule has 21 heteroatoms. The third-order valence-electron chi connectivity index (χ3n) is 8.79. The third-order valence-corrected chi connectivity index (χ3v) is 8.79. The number of aromatic nitrogens is 4. The summed E-state index contributed by atoms with van der Waals surface area (Å²) in [5, 5.41) is 20.6. The number of likely N-dealkylation sites (tertiary alicyclic amines) is 1. The molecule has 0 spiro atoms. The molecule has 1 aliphatic heterocycles. The summed E-state index contributed by atoms with van der Waals surface area (Å²) >= 11 is 0. The summed E-state index contributed by atoms with van der Waals surface area (Å²) in [4.78, 5) is 112. The van der Waals surface area contributed by atoms with Gasteiger partial charge in [0, 0.05) is 54.4 Å². The molecule has 2 aromatic heterocycles. The molecule has 3 aromatic rings. The number of benzene rings is 1. The first kappa shape index (κ1) is 45.4. The smallest absolute Gasteiger partial charge is 0.326 e. The number of carbonyl (C=O) groups excluding carboxylic acids is 6. The number of nitrogen functional groups attached to an aromatic ring is 1. The van der Waals surface area contributed by atoms with Gasteiger partial charge in [-0.3, -0.25) is 38.5 Å². The van der Waals surface area contributed by atoms with Crippen molar-refractivity contribution in [3.63, 3.8) is 0 Å². The Bertz CT molecular complexity index is 2090. The van der Waals surface area contributed by atoms with Gasteiger partial charge in [-0.15, -0.1) is 0 Å². The van der Waals surface area contributed by atoms with Crippen LogP contribution in [-0.4, -0.2) is 117 Å². The highest BCUT2D eigenvalue weighted by Crippen LogP contribution is 2.20. The lowest BCUT2D eigenvalue weighted by Crippen LogP contribution is -2.42. The zero-order valence-electron chi connectivity index (χ0n) is 33.3. The topological polar surface area (TPSA) is 307 Å². The number of imide groups is 3. The number of fused-ring (bicyclic) bond motifs is 1. The predicted molar refractivity (Wildman–Crippen MR) is 210 cm³/mol. The second kappa shape index (κ2) is 20.4. The van der Waals surface area contributed by atoms with E-state index >= 15 is 0 Å². The van der Waals surface area contributed by atoms with E-state index in [9.17, 15) is 43.5 Å². The van der Waals surface area contributed by atoms with Crippen molar-refractivity contribution in [3.05, 3.63) is 52.1 Å². The molecule has 1 fully saturated rings. The molecule has 318 valence electrons. The van der Waals surface area contributed by atoms with Crippen LogP contribution >= 0.6 is 0 Å². The number of carbonyl (C=O) groups is 7. The molecule has 0 saturated carbocycles. The van der Waals surface area contributed by atoms with Gasteiger partial charge in [-0.25, -0.2) is 19.7 Å². The van der Waals surface area contributed by atoms with E-state index in [0.717, 1.165) is 0 Å². The first-order valence-electron chi connectivity index (χ1n) is 18.8. The maximum absolute atomic E-state index is 12.8. The summed E-state index contributed by atoms with van der Waals surface area (Å²) in [5.74, 6) is -5.04. The largest absolute Gasteiger partial charge is 0.480 e. The maximum Gasteiger partial charge on any atom is 0.326 e. The van der Waals surface area contributed by atoms with E-state index in [2.05, 4.69) is 41.2 Å². The van der Waals surface area contributed by atoms with E-state index in [0.29, 0.717) is 29.5 Å². The fourth-order valence-electron chi connectivity index (χ4n) is 5.63. The Morgan fingerprint density at radius 1 is 0.915 bits per heavy atom. The minimum atomic E-state index is -1.31. The number of hydrogen-bond acceptors (Lipinski definition) is 15. The summed E-state index contributed by atoms with van der Waals surface area (Å²) in [6.45, 7) is 9.26. The van der Waals surface area contributed by atoms with Crippen LogP contribution in [0.15, 0.2) is 35.3 Å². The van der Waals surface area contributed by atoms with Gasteiger partial charge in [-0.1, -0.05) is 27.7 Å². The van der Waals surface area contributed by atoms with Crippen LogP contribution in [0.3, 0.4) is 0 Å². The summed E-state index contributed by atoms with van der Waals surface area (Å²) in [7, 11) is 0. The minimum absolute atomic E-state index is 0.0368. The number of nitrogens with zero attached hydrogens (tertiary/aromatic N) is 4. The average Bonchev–Trinajstić information content (AvgIpc) is 3.51. The minimum Gasteiger partial charge on any atom is -0.480 e. The molecule has 1 aromatic carbocycles. The predicted octanol–water partition coefficient (Wildman–Crippen LogP) is 0.254. The van der Waals surface area contributed by atoms with Gasteiger partial charge in [0.1, 0.15) is 12.5 Å². The van der Waals surface area contributed by atoms with Gasteiger partial charge < -0.3 is 41.6 Å². The molecule has 6 amide bonds. The number of carboxylic acids is 1. The number of aliphatic carboxylic acids is 1. The molecule has 8 N–H and O–H groups in total. The van der Waals surface area contributed by atoms with Gasteiger partial charge >= 0.3 is 5.97 Å². The SMILES string of the molecule is CC(C)(CNC(=O)CC(=O)N1C(=O)CCC1=O)COCC(C)(C)COCCNC(=O)CCC(NC(=O)c1ccc(NCc2cnc3nc(N)[nH]c(=O)c3n2)cc1)C(=O)O. The van der Waals surface area contributed by atoms with E-state index in [1.165, 1.54) is 18.3 Å². The quantitative estimate of drug-likeness (QED) is 0.0406. The third kappa shape index (κ3) is 14.2. The van der Waals surface area contributed by atoms with Crippen LogP contribution in [0.2, 0.25) is 0 Å². The molecule has 0 aliphatic carbocycles. The second-order valence-corrected chi connectivity index (χ2v) is 15.5. The van der Waals surface area contributed by atoms with Crippen molar-refractivity contribution in [3.8, 4) is 0 Å². The summed E-state index contributed by atoms with van der Waals surface area (Å²) < 4.78 is 11.6. The molecule has 21 nitrogen and oxygen atoms in total. The number of anilines is 2. The molecular weight excluding hydrogens is 772 g/mol. The van der Waals surface area contributed by atoms with Crippen molar-refractivity contribution < 1.29 is 48.1 Å². The first-order chi connectivity index (χ1) is 27.8. The van der Waals surface area contributed by atoms with Crippen molar-refractivity contribution in [1.29, 1.82) is 0 Å². The maximum atomic E-state index is 12.8. The van der Waals surface area contributed by atoms with Crippen molar-refractivity contribution in [2.24, 2.45) is 10.8 Å². The Hall–Kier alpha value is -6.35. The number of nitrogens with one attached hydrogen (secondary N) is 5. The summed E-state index contributed by atoms with van der Waals surface area (Å²) in [5.41, 5.74) is 5.55. The van der Waals surface area contributed by atoms with Gasteiger partial charge in [-0.2, -0.15) is 4.98 Å². The molecule has 1 saturated heterocycles. The van der Waals surface area contributed by atoms with Gasteiger partial charge in [-0.05, 0) is 30.7 Å². The van der Waals surface area contributed by atoms with E-state index in [1.807, 2.05) is 27.7 Å². The van der Waals surface area contributed by atoms with Gasteiger partial charge in [0.15, 0.2) is 11.2 Å². The van der Waals surface area contributed by atoms with Crippen molar-refractivity contribution in [2.45, 2.75) is 72.4 Å². The van der Waals surface area contributed by atoms with E-state index < -0.39 is 70.3 Å². The Labute approximate surface area is 338 Å². The highest BCUT2D eigenvalue weighted by Gasteiger charge is 2.35. The molecule has 1 aliphatic rings. The molecule has 59 heavy (non-hydrogen) atoms. The van der Waals surface area contributed by atoms with Crippen LogP contribution in [0.1, 0.15) is 75.9 Å². The normalized spacial score (nSPS) is 13.6. The first-order valence-corrected chi connectivity index (χ1v) is 18.8. The number of carboxylic acid groups (broad SMARTS) is 1. The number of hydrogen-bond donors (Lipinski definition) is 7. The number of rotatable bonds is 22. The van der Waals surface area contributed by atoms with E-state index in [1.54, 1.807) is 12.1 Å². The number of H-pyrrole nitrogens is 1. The number of amides is 6. The number of ether oxygens (including phenoxy) is 2. The number of aromatic amines is 1. The van der Waals surface area contributed by atoms with Crippen LogP contribution in [0.4, 0.5) is 11.6 Å². The van der Waals surface area contributed by atoms with Crippen molar-refractivity contribution >= 4 is 64.2 Å². The lowest BCUT2D eigenvalue weighted by molar-refractivity contribution is -0.150. The van der Waals surface area contributed by atoms with E-state index in [-0.39, 0.29) is 81.2 Å². The number of nitrogens with two attached hydrogens (primary N) is 1. The lowest BCUT2D eigenvalue weighted by Gasteiger charge is -2.29. The average molecular weight is 823 g/mol. The fourth-order valence-corrected chi connectivity index (χ4v) is 5.63. The zero-order valence-corrected chi connectivity index (χ0v) is 33.3. The summed E-state index contributed by atoms with van der Waals surface area (Å²) in [6.07, 6.45) is 0.471. The van der Waals surface area contributed by atoms with Crippen LogP contribution in [0, 0.1) is 10.8 Å². The van der Waals surface area contributed by atoms with Crippen LogP contribution in [-0.2, 0) is 44.8 Å². The molecule has 3 heterocycles. The second-order valence-electron chi connectivity index (χ2n) is 15.5. The molecule has 0 radical (unpaired) electrons. The monoisotopic (exact) mass is 822 g/mol. The molecule has 1 atom stereocenters. The highest BCUT2D eigenvalue weighted by atomic mass is 16.5. The van der Waals surface area contributed by atoms with Gasteiger partial charge in [0.25, 0.3) is 11.5 Å². The van der Waals surface area contributed by atoms with Crippen molar-refractivity contribution in [2.75, 3.05) is 50.6 Å². The van der Waals surface area contributed by atoms with Crippen molar-refractivity contribution in [1.82, 2.24) is 40.8 Å². The van der Waals surface area contributed by atoms with E-state index in [4.69, 9.17) is 15.2 Å². The fraction of sp³-hybridized carbons (Fsp3) is 0.500. The highest BCUT2D eigenvalue weighted by molar-refractivity contribution is 6.17. The Morgan fingerprint density at radius 3 is 2.25 bits per heavy atom. The van der Waals surface area contributed by atoms with Gasteiger partial charge in [0.2, 0.25) is 35.5 Å². The lowest BCUT2D eigenvalue weighted by atomic mass is 9.93. The molecular formula is C38H50N10O11. The standard InChI is InChI=1S/C38H50N10O11/c1-37(2,18-43-27(50)15-30(53)48-28(51)11-12-29(48)52)19-59-21-38(3,4)20-58-14-13-40-26(49)10-9-25(35(56)57)45-33(54)22-5-7-23(8-6-22)41-16-24-17-42-32-31(44-24)34(55)47-36(39)46-32/h5-8,17,25,41H,9-16,18-21H2,1-4H3,(H,40,49)(H,43,50)(H,45,54)(H,56,57)(H3,39,42,46,47,55). The Kier molecular flexibility index (Phi) is 15.7. The Balaban J connectivity index is 1.08. The van der Waals surface area contributed by atoms with Crippen LogP contribution in [0.25, 0.3) is 11.2 Å². The van der Waals surface area contributed by atoms with Crippen LogP contribution < -0.4 is 32.6 Å². The molecule has 1 unspecified atom stereocenters.